The normalized spacial score (nSPS) is 20.9. The van der Waals surface area contributed by atoms with Gasteiger partial charge in [0.05, 0.1) is 6.10 Å². The Morgan fingerprint density at radius 1 is 1.30 bits per heavy atom. The minimum Gasteiger partial charge on any atom is -0.435 e. The molecule has 1 saturated heterocycles. The van der Waals surface area contributed by atoms with Crippen LogP contribution in [0.2, 0.25) is 0 Å². The van der Waals surface area contributed by atoms with E-state index in [1.807, 2.05) is 6.92 Å². The quantitative estimate of drug-likeness (QED) is 0.867. The fourth-order valence-electron chi connectivity index (χ4n) is 2.33. The fraction of sp³-hybridized carbons (Fsp3) is 0.600. The van der Waals surface area contributed by atoms with Crippen LogP contribution < -0.4 is 10.1 Å². The summed E-state index contributed by atoms with van der Waals surface area (Å²) >= 11 is 0. The molecule has 0 aliphatic carbocycles. The molecule has 1 aliphatic rings. The molecule has 3 nitrogen and oxygen atoms in total. The summed E-state index contributed by atoms with van der Waals surface area (Å²) in [5.41, 5.74) is 1.04. The van der Waals surface area contributed by atoms with Gasteiger partial charge in [-0.1, -0.05) is 12.1 Å². The Labute approximate surface area is 118 Å². The van der Waals surface area contributed by atoms with E-state index in [0.717, 1.165) is 31.6 Å². The average Bonchev–Trinajstić information content (AvgIpc) is 2.46. The van der Waals surface area contributed by atoms with E-state index in [1.54, 1.807) is 24.3 Å². The fourth-order valence-corrected chi connectivity index (χ4v) is 2.33. The number of hydrogen-bond acceptors (Lipinski definition) is 3. The molecular formula is C15H21F2NO2. The van der Waals surface area contributed by atoms with E-state index in [0.29, 0.717) is 0 Å². The van der Waals surface area contributed by atoms with Gasteiger partial charge in [0.25, 0.3) is 0 Å². The molecule has 112 valence electrons. The number of hydrogen-bond donors (Lipinski definition) is 1. The van der Waals surface area contributed by atoms with Crippen LogP contribution in [0.15, 0.2) is 24.3 Å². The van der Waals surface area contributed by atoms with E-state index in [-0.39, 0.29) is 17.9 Å². The molecule has 5 heteroatoms. The SMILES string of the molecule is CC(NCC1CCCCO1)c1ccc(OC(F)F)cc1. The first kappa shape index (κ1) is 15.2. The zero-order valence-corrected chi connectivity index (χ0v) is 11.6. The van der Waals surface area contributed by atoms with Crippen LogP contribution in [0.5, 0.6) is 5.75 Å². The Balaban J connectivity index is 1.80. The van der Waals surface area contributed by atoms with Gasteiger partial charge in [0, 0.05) is 19.2 Å². The van der Waals surface area contributed by atoms with Gasteiger partial charge in [-0.25, -0.2) is 0 Å². The second-order valence-corrected chi connectivity index (χ2v) is 5.07. The predicted octanol–water partition coefficient (Wildman–Crippen LogP) is 3.51. The highest BCUT2D eigenvalue weighted by Gasteiger charge is 2.15. The third kappa shape index (κ3) is 4.72. The van der Waals surface area contributed by atoms with E-state index in [9.17, 15) is 8.78 Å². The monoisotopic (exact) mass is 285 g/mol. The molecule has 2 unspecified atom stereocenters. The summed E-state index contributed by atoms with van der Waals surface area (Å²) in [6.07, 6.45) is 3.76. The van der Waals surface area contributed by atoms with Crippen LogP contribution in [0.1, 0.15) is 37.8 Å². The van der Waals surface area contributed by atoms with Crippen molar-refractivity contribution in [3.8, 4) is 5.75 Å². The second kappa shape index (κ2) is 7.55. The number of benzene rings is 1. The van der Waals surface area contributed by atoms with Crippen molar-refractivity contribution in [2.75, 3.05) is 13.2 Å². The van der Waals surface area contributed by atoms with Crippen molar-refractivity contribution >= 4 is 0 Å². The maximum absolute atomic E-state index is 12.1. The molecule has 1 fully saturated rings. The van der Waals surface area contributed by atoms with Gasteiger partial charge in [0.2, 0.25) is 0 Å². The third-order valence-corrected chi connectivity index (χ3v) is 3.53. The number of alkyl halides is 2. The van der Waals surface area contributed by atoms with Crippen molar-refractivity contribution in [1.82, 2.24) is 5.32 Å². The summed E-state index contributed by atoms with van der Waals surface area (Å²) in [6.45, 7) is 0.933. The zero-order valence-electron chi connectivity index (χ0n) is 11.6. The highest BCUT2D eigenvalue weighted by molar-refractivity contribution is 5.28. The van der Waals surface area contributed by atoms with Gasteiger partial charge in [0.15, 0.2) is 0 Å². The number of nitrogens with one attached hydrogen (secondary N) is 1. The zero-order chi connectivity index (χ0) is 14.4. The summed E-state index contributed by atoms with van der Waals surface area (Å²) in [5, 5.41) is 3.41. The van der Waals surface area contributed by atoms with Crippen molar-refractivity contribution < 1.29 is 18.3 Å². The van der Waals surface area contributed by atoms with Gasteiger partial charge in [-0.2, -0.15) is 8.78 Å². The molecular weight excluding hydrogens is 264 g/mol. The molecule has 1 aliphatic heterocycles. The molecule has 1 N–H and O–H groups in total. The van der Waals surface area contributed by atoms with Crippen molar-refractivity contribution in [2.45, 2.75) is 44.9 Å². The van der Waals surface area contributed by atoms with E-state index < -0.39 is 6.61 Å². The van der Waals surface area contributed by atoms with Crippen LogP contribution >= 0.6 is 0 Å². The van der Waals surface area contributed by atoms with Gasteiger partial charge >= 0.3 is 6.61 Å². The van der Waals surface area contributed by atoms with Crippen LogP contribution in [0.3, 0.4) is 0 Å². The van der Waals surface area contributed by atoms with E-state index in [2.05, 4.69) is 10.1 Å². The van der Waals surface area contributed by atoms with Crippen molar-refractivity contribution in [1.29, 1.82) is 0 Å². The number of rotatable bonds is 6. The summed E-state index contributed by atoms with van der Waals surface area (Å²) < 4.78 is 34.1. The van der Waals surface area contributed by atoms with Gasteiger partial charge in [-0.15, -0.1) is 0 Å². The summed E-state index contributed by atoms with van der Waals surface area (Å²) in [7, 11) is 0. The van der Waals surface area contributed by atoms with Gasteiger partial charge in [-0.3, -0.25) is 0 Å². The molecule has 0 amide bonds. The van der Waals surface area contributed by atoms with Crippen molar-refractivity contribution in [3.63, 3.8) is 0 Å². The Kier molecular flexibility index (Phi) is 5.73. The minimum absolute atomic E-state index is 0.154. The highest BCUT2D eigenvalue weighted by Crippen LogP contribution is 2.20. The first-order valence-electron chi connectivity index (χ1n) is 7.05. The first-order valence-corrected chi connectivity index (χ1v) is 7.05. The van der Waals surface area contributed by atoms with Crippen LogP contribution in [-0.4, -0.2) is 25.9 Å². The topological polar surface area (TPSA) is 30.5 Å². The van der Waals surface area contributed by atoms with Crippen molar-refractivity contribution in [3.05, 3.63) is 29.8 Å². The maximum atomic E-state index is 12.1. The molecule has 1 aromatic rings. The molecule has 2 atom stereocenters. The summed E-state index contributed by atoms with van der Waals surface area (Å²) in [5.74, 6) is 0.187. The molecule has 0 bridgehead atoms. The van der Waals surface area contributed by atoms with Crippen molar-refractivity contribution in [2.24, 2.45) is 0 Å². The smallest absolute Gasteiger partial charge is 0.387 e. The van der Waals surface area contributed by atoms with Crippen LogP contribution in [-0.2, 0) is 4.74 Å². The molecule has 1 heterocycles. The van der Waals surface area contributed by atoms with E-state index >= 15 is 0 Å². The maximum Gasteiger partial charge on any atom is 0.387 e. The van der Waals surface area contributed by atoms with Gasteiger partial charge in [-0.05, 0) is 43.9 Å². The second-order valence-electron chi connectivity index (χ2n) is 5.07. The lowest BCUT2D eigenvalue weighted by atomic mass is 10.1. The molecule has 1 aromatic carbocycles. The molecule has 0 radical (unpaired) electrons. The lowest BCUT2D eigenvalue weighted by Crippen LogP contribution is -2.33. The predicted molar refractivity (Wildman–Crippen MR) is 73.1 cm³/mol. The van der Waals surface area contributed by atoms with Gasteiger partial charge < -0.3 is 14.8 Å². The van der Waals surface area contributed by atoms with E-state index in [1.165, 1.54) is 6.42 Å². The minimum atomic E-state index is -2.78. The average molecular weight is 285 g/mol. The lowest BCUT2D eigenvalue weighted by Gasteiger charge is -2.25. The standard InChI is InChI=1S/C15H21F2NO2/c1-11(18-10-14-4-2-3-9-19-14)12-5-7-13(8-6-12)20-15(16)17/h5-8,11,14-15,18H,2-4,9-10H2,1H3. The van der Waals surface area contributed by atoms with Crippen LogP contribution in [0, 0.1) is 0 Å². The number of ether oxygens (including phenoxy) is 2. The Morgan fingerprint density at radius 2 is 2.05 bits per heavy atom. The Morgan fingerprint density at radius 3 is 2.65 bits per heavy atom. The molecule has 2 rings (SSSR count). The Bertz CT molecular complexity index is 391. The Hall–Kier alpha value is -1.20. The number of halogens is 2. The third-order valence-electron chi connectivity index (χ3n) is 3.53. The molecule has 0 aromatic heterocycles. The van der Waals surface area contributed by atoms with Crippen LogP contribution in [0.25, 0.3) is 0 Å². The van der Waals surface area contributed by atoms with E-state index in [4.69, 9.17) is 4.74 Å². The summed E-state index contributed by atoms with van der Waals surface area (Å²) in [4.78, 5) is 0. The van der Waals surface area contributed by atoms with Crippen LogP contribution in [0.4, 0.5) is 8.78 Å². The molecule has 0 spiro atoms. The van der Waals surface area contributed by atoms with Gasteiger partial charge in [0.1, 0.15) is 5.75 Å². The largest absolute Gasteiger partial charge is 0.435 e. The highest BCUT2D eigenvalue weighted by atomic mass is 19.3. The molecule has 0 saturated carbocycles. The first-order chi connectivity index (χ1) is 9.65. The molecule has 20 heavy (non-hydrogen) atoms. The lowest BCUT2D eigenvalue weighted by molar-refractivity contribution is -0.0498. The summed E-state index contributed by atoms with van der Waals surface area (Å²) in [6, 6.07) is 6.89.